The summed E-state index contributed by atoms with van der Waals surface area (Å²) >= 11 is 0. The number of aryl methyl sites for hydroxylation is 3. The van der Waals surface area contributed by atoms with Crippen molar-refractivity contribution in [3.05, 3.63) is 65.0 Å². The molecule has 7 heteroatoms. The predicted molar refractivity (Wildman–Crippen MR) is 102 cm³/mol. The van der Waals surface area contributed by atoms with Gasteiger partial charge < -0.3 is 9.84 Å². The van der Waals surface area contributed by atoms with Gasteiger partial charge in [-0.25, -0.2) is 8.42 Å². The van der Waals surface area contributed by atoms with Crippen molar-refractivity contribution in [3.8, 4) is 0 Å². The number of benzene rings is 2. The van der Waals surface area contributed by atoms with Crippen LogP contribution in [0.2, 0.25) is 0 Å². The molecule has 0 aliphatic heterocycles. The highest BCUT2D eigenvalue weighted by Gasteiger charge is 2.24. The van der Waals surface area contributed by atoms with E-state index >= 15 is 0 Å². The van der Waals surface area contributed by atoms with E-state index in [0.29, 0.717) is 11.4 Å². The molecule has 0 amide bonds. The Bertz CT molecular complexity index is 1020. The number of hydrogen-bond donors (Lipinski definition) is 2. The summed E-state index contributed by atoms with van der Waals surface area (Å²) in [4.78, 5) is 0.0788. The average molecular weight is 371 g/mol. The largest absolute Gasteiger partial charge is 0.360 e. The van der Waals surface area contributed by atoms with Crippen LogP contribution in [0.15, 0.2) is 51.9 Å². The Morgan fingerprint density at radius 1 is 0.923 bits per heavy atom. The quantitative estimate of drug-likeness (QED) is 0.692. The van der Waals surface area contributed by atoms with E-state index in [1.807, 2.05) is 24.3 Å². The van der Waals surface area contributed by atoms with Crippen molar-refractivity contribution in [2.24, 2.45) is 0 Å². The molecule has 2 N–H and O–H groups in total. The zero-order valence-corrected chi connectivity index (χ0v) is 15.9. The second kappa shape index (κ2) is 6.84. The summed E-state index contributed by atoms with van der Waals surface area (Å²) in [6.45, 7) is 7.30. The number of sulfonamides is 1. The van der Waals surface area contributed by atoms with Gasteiger partial charge in [0.25, 0.3) is 10.0 Å². The standard InChI is InChI=1S/C19H21N3O3S/c1-12-6-5-7-18(13(12)2)20-16-8-10-17(11-9-16)22-26(23,24)19-14(3)21-25-15(19)4/h5-11,20,22H,1-4H3. The molecule has 0 saturated heterocycles. The molecule has 6 nitrogen and oxygen atoms in total. The Kier molecular flexibility index (Phi) is 4.73. The molecule has 1 aromatic heterocycles. The van der Waals surface area contributed by atoms with Crippen molar-refractivity contribution >= 4 is 27.1 Å². The third-order valence-electron chi connectivity index (χ3n) is 4.26. The molecule has 0 aliphatic carbocycles. The minimum Gasteiger partial charge on any atom is -0.360 e. The molecule has 0 spiro atoms. The zero-order valence-electron chi connectivity index (χ0n) is 15.1. The van der Waals surface area contributed by atoms with Gasteiger partial charge in [-0.3, -0.25) is 4.72 Å². The maximum absolute atomic E-state index is 12.5. The predicted octanol–water partition coefficient (Wildman–Crippen LogP) is 4.45. The Morgan fingerprint density at radius 2 is 1.58 bits per heavy atom. The van der Waals surface area contributed by atoms with Gasteiger partial charge in [-0.15, -0.1) is 0 Å². The van der Waals surface area contributed by atoms with E-state index in [2.05, 4.69) is 35.1 Å². The Hall–Kier alpha value is -2.80. The fraction of sp³-hybridized carbons (Fsp3) is 0.211. The maximum Gasteiger partial charge on any atom is 0.267 e. The van der Waals surface area contributed by atoms with E-state index in [1.165, 1.54) is 11.1 Å². The SMILES string of the molecule is Cc1cccc(Nc2ccc(NS(=O)(=O)c3c(C)noc3C)cc2)c1C. The first kappa shape index (κ1) is 18.0. The topological polar surface area (TPSA) is 84.2 Å². The van der Waals surface area contributed by atoms with Gasteiger partial charge in [-0.2, -0.15) is 0 Å². The number of nitrogens with one attached hydrogen (secondary N) is 2. The lowest BCUT2D eigenvalue weighted by Gasteiger charge is -2.12. The molecule has 0 aliphatic rings. The second-order valence-corrected chi connectivity index (χ2v) is 7.83. The third-order valence-corrected chi connectivity index (χ3v) is 5.88. The van der Waals surface area contributed by atoms with E-state index in [1.54, 1.807) is 26.0 Å². The van der Waals surface area contributed by atoms with Gasteiger partial charge in [0.15, 0.2) is 10.7 Å². The first-order valence-corrected chi connectivity index (χ1v) is 9.65. The van der Waals surface area contributed by atoms with Crippen LogP contribution >= 0.6 is 0 Å². The Labute approximate surface area is 153 Å². The van der Waals surface area contributed by atoms with Gasteiger partial charge in [-0.1, -0.05) is 17.3 Å². The third kappa shape index (κ3) is 3.57. The molecule has 3 aromatic rings. The van der Waals surface area contributed by atoms with Gasteiger partial charge in [-0.05, 0) is 69.2 Å². The minimum absolute atomic E-state index is 0.0788. The van der Waals surface area contributed by atoms with Crippen LogP contribution in [0, 0.1) is 27.7 Å². The van der Waals surface area contributed by atoms with Crippen LogP contribution in [0.3, 0.4) is 0 Å². The van der Waals surface area contributed by atoms with Crippen molar-refractivity contribution < 1.29 is 12.9 Å². The highest BCUT2D eigenvalue weighted by molar-refractivity contribution is 7.92. The van der Waals surface area contributed by atoms with Crippen LogP contribution in [-0.4, -0.2) is 13.6 Å². The molecular weight excluding hydrogens is 350 g/mol. The maximum atomic E-state index is 12.5. The number of anilines is 3. The van der Waals surface area contributed by atoms with E-state index in [0.717, 1.165) is 11.4 Å². The molecule has 1 heterocycles. The van der Waals surface area contributed by atoms with Crippen molar-refractivity contribution in [1.82, 2.24) is 5.16 Å². The van der Waals surface area contributed by atoms with Crippen molar-refractivity contribution in [2.75, 3.05) is 10.0 Å². The number of aromatic nitrogens is 1. The van der Waals surface area contributed by atoms with E-state index in [-0.39, 0.29) is 10.7 Å². The minimum atomic E-state index is -3.74. The molecule has 0 radical (unpaired) electrons. The molecule has 0 unspecified atom stereocenters. The first-order chi connectivity index (χ1) is 12.3. The Balaban J connectivity index is 1.79. The van der Waals surface area contributed by atoms with Gasteiger partial charge in [0, 0.05) is 17.1 Å². The number of hydrogen-bond acceptors (Lipinski definition) is 5. The van der Waals surface area contributed by atoms with Crippen LogP contribution < -0.4 is 10.0 Å². The highest BCUT2D eigenvalue weighted by Crippen LogP contribution is 2.26. The smallest absolute Gasteiger partial charge is 0.267 e. The van der Waals surface area contributed by atoms with Gasteiger partial charge in [0.2, 0.25) is 0 Å². The second-order valence-electron chi connectivity index (χ2n) is 6.21. The van der Waals surface area contributed by atoms with Gasteiger partial charge in [0.05, 0.1) is 0 Å². The summed E-state index contributed by atoms with van der Waals surface area (Å²) in [7, 11) is -3.74. The fourth-order valence-electron chi connectivity index (χ4n) is 2.73. The van der Waals surface area contributed by atoms with E-state index in [9.17, 15) is 8.42 Å². The lowest BCUT2D eigenvalue weighted by Crippen LogP contribution is -2.14. The summed E-state index contributed by atoms with van der Waals surface area (Å²) in [5, 5.41) is 7.04. The molecule has 2 aromatic carbocycles. The van der Waals surface area contributed by atoms with Crippen LogP contribution in [0.25, 0.3) is 0 Å². The van der Waals surface area contributed by atoms with Crippen LogP contribution in [0.4, 0.5) is 17.1 Å². The zero-order chi connectivity index (χ0) is 18.9. The molecule has 0 atom stereocenters. The highest BCUT2D eigenvalue weighted by atomic mass is 32.2. The van der Waals surface area contributed by atoms with Crippen LogP contribution in [0.1, 0.15) is 22.6 Å². The summed E-state index contributed by atoms with van der Waals surface area (Å²) < 4.78 is 32.6. The molecule has 0 bridgehead atoms. The molecule has 0 fully saturated rings. The molecule has 3 rings (SSSR count). The summed E-state index contributed by atoms with van der Waals surface area (Å²) in [6, 6.07) is 13.1. The molecule has 26 heavy (non-hydrogen) atoms. The number of nitrogens with zero attached hydrogens (tertiary/aromatic N) is 1. The molecule has 136 valence electrons. The average Bonchev–Trinajstić information content (AvgIpc) is 2.93. The summed E-state index contributed by atoms with van der Waals surface area (Å²) in [6.07, 6.45) is 0. The molecular formula is C19H21N3O3S. The van der Waals surface area contributed by atoms with Crippen molar-refractivity contribution in [1.29, 1.82) is 0 Å². The van der Waals surface area contributed by atoms with Crippen LogP contribution in [0.5, 0.6) is 0 Å². The van der Waals surface area contributed by atoms with Crippen molar-refractivity contribution in [2.45, 2.75) is 32.6 Å². The van der Waals surface area contributed by atoms with E-state index < -0.39 is 10.0 Å². The van der Waals surface area contributed by atoms with E-state index in [4.69, 9.17) is 4.52 Å². The normalized spacial score (nSPS) is 11.4. The lowest BCUT2D eigenvalue weighted by atomic mass is 10.1. The number of rotatable bonds is 5. The summed E-state index contributed by atoms with van der Waals surface area (Å²) in [5.41, 5.74) is 5.09. The summed E-state index contributed by atoms with van der Waals surface area (Å²) in [5.74, 6) is 0.267. The van der Waals surface area contributed by atoms with Gasteiger partial charge in [0.1, 0.15) is 5.69 Å². The fourth-order valence-corrected chi connectivity index (χ4v) is 4.12. The van der Waals surface area contributed by atoms with Gasteiger partial charge >= 0.3 is 0 Å². The monoisotopic (exact) mass is 371 g/mol. The first-order valence-electron chi connectivity index (χ1n) is 8.17. The van der Waals surface area contributed by atoms with Crippen molar-refractivity contribution in [3.63, 3.8) is 0 Å². The Morgan fingerprint density at radius 3 is 2.19 bits per heavy atom. The lowest BCUT2D eigenvalue weighted by molar-refractivity contribution is 0.390. The van der Waals surface area contributed by atoms with Crippen LogP contribution in [-0.2, 0) is 10.0 Å². The molecule has 0 saturated carbocycles.